The zero-order chi connectivity index (χ0) is 42.6. The number of benzene rings is 4. The first-order valence-electron chi connectivity index (χ1n) is 21.2. The minimum atomic E-state index is -2.22. The van der Waals surface area contributed by atoms with Crippen molar-refractivity contribution in [3.8, 4) is 16.9 Å². The fourth-order valence-corrected chi connectivity index (χ4v) is 9.74. The molecule has 60 heavy (non-hydrogen) atoms. The largest absolute Gasteiger partial charge is 0.506 e. The van der Waals surface area contributed by atoms with Gasteiger partial charge in [0.2, 0.25) is 11.5 Å². The van der Waals surface area contributed by atoms with Gasteiger partial charge in [-0.1, -0.05) is 81.4 Å². The molecule has 12 heteroatoms. The number of amides is 2. The Kier molecular flexibility index (Phi) is 13.0. The van der Waals surface area contributed by atoms with Crippen LogP contribution in [0.1, 0.15) is 69.2 Å². The van der Waals surface area contributed by atoms with Crippen LogP contribution in [0.15, 0.2) is 102 Å². The molecule has 3 saturated heterocycles. The molecule has 2 amide bonds. The highest BCUT2D eigenvalue weighted by Crippen LogP contribution is 2.42. The molecule has 3 fully saturated rings. The van der Waals surface area contributed by atoms with Gasteiger partial charge in [-0.05, 0) is 115 Å². The van der Waals surface area contributed by atoms with Gasteiger partial charge in [0.15, 0.2) is 8.32 Å². The summed E-state index contributed by atoms with van der Waals surface area (Å²) in [6.07, 6.45) is 2.38. The zero-order valence-corrected chi connectivity index (χ0v) is 36.5. The highest BCUT2D eigenvalue weighted by Gasteiger charge is 2.41. The molecule has 0 aliphatic carbocycles. The molecule has 0 unspecified atom stereocenters. The second-order valence-corrected chi connectivity index (χ2v) is 22.7. The number of carboxylic acid groups (broad SMARTS) is 1. The van der Waals surface area contributed by atoms with Gasteiger partial charge in [0.25, 0.3) is 0 Å². The van der Waals surface area contributed by atoms with E-state index >= 15 is 0 Å². The molecule has 5 N–H and O–H groups in total. The Morgan fingerprint density at radius 3 is 2.33 bits per heavy atom. The van der Waals surface area contributed by atoms with Crippen molar-refractivity contribution in [2.75, 3.05) is 36.4 Å². The summed E-state index contributed by atoms with van der Waals surface area (Å²) in [5.74, 6) is 0.290. The van der Waals surface area contributed by atoms with Crippen molar-refractivity contribution in [2.24, 2.45) is 5.92 Å². The molecule has 8 rings (SSSR count). The number of aromatic hydroxyl groups is 1. The summed E-state index contributed by atoms with van der Waals surface area (Å²) in [6.45, 7) is 14.9. The van der Waals surface area contributed by atoms with Crippen LogP contribution >= 0.6 is 0 Å². The number of rotatable bonds is 15. The van der Waals surface area contributed by atoms with Crippen molar-refractivity contribution < 1.29 is 24.2 Å². The Morgan fingerprint density at radius 2 is 1.67 bits per heavy atom. The predicted molar refractivity (Wildman–Crippen MR) is 242 cm³/mol. The number of fused-ring (bicyclic) bond motifs is 4. The van der Waals surface area contributed by atoms with Crippen LogP contribution < -0.4 is 21.1 Å². The molecule has 0 radical (unpaired) electrons. The first kappa shape index (κ1) is 42.8. The molecular formula is C48H59N5O6Si. The summed E-state index contributed by atoms with van der Waals surface area (Å²) in [5, 5.41) is 28.5. The summed E-state index contributed by atoms with van der Waals surface area (Å²) < 4.78 is 6.94. The summed E-state index contributed by atoms with van der Waals surface area (Å²) >= 11 is 0. The number of hydrogen-bond acceptors (Lipinski definition) is 7. The highest BCUT2D eigenvalue weighted by atomic mass is 28.4. The lowest BCUT2D eigenvalue weighted by Gasteiger charge is -2.48. The van der Waals surface area contributed by atoms with Gasteiger partial charge in [0.05, 0.1) is 23.3 Å². The lowest BCUT2D eigenvalue weighted by molar-refractivity contribution is -0.116. The standard InChI is InChI=1S/C48H59N5O6Si/c1-48(2,3)60(4,5)59-43(38-20-22-42(54)46-39(38)21-23-45(56)51-46)30-49-29-33-14-17-36(18-15-33)50-44(55)13-9-10-32-16-19-37(34-11-7-6-8-12-34)40(28-32)53(47(57)58)41-31-52-26-24-35(41)25-27-52/h6-8,11-12,14-23,28,35,41,43,49,54H,9-10,13,24-27,29-31H2,1-5H3,(H,50,55)(H,51,56)(H,57,58)/t41-,43-/m0/s1. The van der Waals surface area contributed by atoms with E-state index in [1.54, 1.807) is 17.0 Å². The molecule has 4 aromatic carbocycles. The van der Waals surface area contributed by atoms with Crippen molar-refractivity contribution in [3.63, 3.8) is 0 Å². The molecule has 2 atom stereocenters. The number of phenolic OH excluding ortho intramolecular Hbond substituents is 1. The molecule has 4 heterocycles. The number of phenols is 1. The van der Waals surface area contributed by atoms with Crippen LogP contribution in [0.4, 0.5) is 16.2 Å². The number of nitrogens with one attached hydrogen (secondary N) is 3. The molecule has 11 nitrogen and oxygen atoms in total. The van der Waals surface area contributed by atoms with Gasteiger partial charge >= 0.3 is 6.09 Å². The number of aryl methyl sites for hydroxylation is 1. The van der Waals surface area contributed by atoms with Gasteiger partial charge < -0.3 is 35.2 Å². The summed E-state index contributed by atoms with van der Waals surface area (Å²) in [7, 11) is -2.22. The van der Waals surface area contributed by atoms with Gasteiger partial charge in [-0.25, -0.2) is 4.79 Å². The Balaban J connectivity index is 0.966. The van der Waals surface area contributed by atoms with Gasteiger partial charge in [0.1, 0.15) is 5.75 Å². The van der Waals surface area contributed by atoms with E-state index in [0.717, 1.165) is 71.4 Å². The fourth-order valence-electron chi connectivity index (χ4n) is 8.46. The van der Waals surface area contributed by atoms with Crippen LogP contribution in [0.2, 0.25) is 18.1 Å². The van der Waals surface area contributed by atoms with E-state index in [1.807, 2.05) is 72.8 Å². The normalized spacial score (nSPS) is 18.3. The molecule has 0 spiro atoms. The maximum atomic E-state index is 13.1. The van der Waals surface area contributed by atoms with Crippen molar-refractivity contribution in [2.45, 2.75) is 89.7 Å². The highest BCUT2D eigenvalue weighted by molar-refractivity contribution is 6.74. The quantitative estimate of drug-likeness (QED) is 0.0657. The number of aromatic nitrogens is 1. The third kappa shape index (κ3) is 9.84. The van der Waals surface area contributed by atoms with E-state index in [0.29, 0.717) is 49.5 Å². The van der Waals surface area contributed by atoms with Crippen molar-refractivity contribution >= 4 is 42.6 Å². The second kappa shape index (κ2) is 18.1. The van der Waals surface area contributed by atoms with Crippen LogP contribution in [-0.4, -0.2) is 72.6 Å². The molecule has 3 aliphatic rings. The predicted octanol–water partition coefficient (Wildman–Crippen LogP) is 9.29. The van der Waals surface area contributed by atoms with E-state index in [-0.39, 0.29) is 34.4 Å². The van der Waals surface area contributed by atoms with Gasteiger partial charge in [-0.3, -0.25) is 14.5 Å². The minimum Gasteiger partial charge on any atom is -0.506 e. The third-order valence-corrected chi connectivity index (χ3v) is 17.3. The van der Waals surface area contributed by atoms with Crippen molar-refractivity contribution in [3.05, 3.63) is 124 Å². The summed E-state index contributed by atoms with van der Waals surface area (Å²) in [5.41, 5.74) is 6.38. The average molecular weight is 830 g/mol. The molecule has 316 valence electrons. The molecule has 1 aromatic heterocycles. The smallest absolute Gasteiger partial charge is 0.412 e. The molecule has 2 bridgehead atoms. The SMILES string of the molecule is CC(C)(C)[Si](C)(C)O[C@@H](CNCc1ccc(NC(=O)CCCc2ccc(-c3ccccc3)c(N(C(=O)O)[C@H]3CN4CCC3CC4)c2)cc1)c1ccc(O)c2[nH]c(=O)ccc12. The number of piperidine rings is 3. The molecule has 3 aliphatic heterocycles. The summed E-state index contributed by atoms with van der Waals surface area (Å²) in [6, 6.07) is 30.5. The second-order valence-electron chi connectivity index (χ2n) is 18.0. The number of pyridine rings is 1. The lowest BCUT2D eigenvalue weighted by Crippen LogP contribution is -2.59. The van der Waals surface area contributed by atoms with Crippen LogP contribution in [0.3, 0.4) is 0 Å². The van der Waals surface area contributed by atoms with Crippen LogP contribution in [0, 0.1) is 5.92 Å². The van der Waals surface area contributed by atoms with E-state index in [2.05, 4.69) is 60.4 Å². The average Bonchev–Trinajstić information content (AvgIpc) is 3.22. The molecular weight excluding hydrogens is 771 g/mol. The lowest BCUT2D eigenvalue weighted by atomic mass is 9.82. The number of aromatic amines is 1. The maximum Gasteiger partial charge on any atom is 0.412 e. The van der Waals surface area contributed by atoms with Crippen LogP contribution in [0.5, 0.6) is 5.75 Å². The van der Waals surface area contributed by atoms with E-state index in [4.69, 9.17) is 4.43 Å². The molecule has 0 saturated carbocycles. The Labute approximate surface area is 353 Å². The van der Waals surface area contributed by atoms with Crippen LogP contribution in [-0.2, 0) is 22.2 Å². The number of nitrogens with zero attached hydrogens (tertiary/aromatic N) is 2. The van der Waals surface area contributed by atoms with Gasteiger partial charge in [-0.15, -0.1) is 0 Å². The number of carbonyl (C=O) groups is 2. The third-order valence-electron chi connectivity index (χ3n) is 12.8. The Bertz CT molecular complexity index is 2350. The Hall–Kier alpha value is -5.27. The van der Waals surface area contributed by atoms with E-state index < -0.39 is 14.4 Å². The number of anilines is 2. The molecule has 5 aromatic rings. The monoisotopic (exact) mass is 829 g/mol. The van der Waals surface area contributed by atoms with Gasteiger partial charge in [-0.2, -0.15) is 0 Å². The fraction of sp³-hybridized carbons (Fsp3) is 0.396. The van der Waals surface area contributed by atoms with Crippen molar-refractivity contribution in [1.82, 2.24) is 15.2 Å². The number of H-pyrrole nitrogens is 1. The zero-order valence-electron chi connectivity index (χ0n) is 35.5. The summed E-state index contributed by atoms with van der Waals surface area (Å²) in [4.78, 5) is 44.9. The Morgan fingerprint density at radius 1 is 0.950 bits per heavy atom. The van der Waals surface area contributed by atoms with Crippen molar-refractivity contribution in [1.29, 1.82) is 0 Å². The number of carbonyl (C=O) groups excluding carboxylic acids is 1. The van der Waals surface area contributed by atoms with E-state index in [1.165, 1.54) is 6.07 Å². The van der Waals surface area contributed by atoms with Crippen LogP contribution in [0.25, 0.3) is 22.0 Å². The van der Waals surface area contributed by atoms with Gasteiger partial charge in [0, 0.05) is 48.8 Å². The topological polar surface area (TPSA) is 147 Å². The maximum absolute atomic E-state index is 13.1. The minimum absolute atomic E-state index is 0.0178. The first-order valence-corrected chi connectivity index (χ1v) is 24.1. The van der Waals surface area contributed by atoms with E-state index in [9.17, 15) is 24.6 Å². The first-order chi connectivity index (χ1) is 28.7. The number of hydrogen-bond donors (Lipinski definition) is 5.